The Balaban J connectivity index is 1.87. The lowest BCUT2D eigenvalue weighted by atomic mass is 9.52. The quantitative estimate of drug-likeness (QED) is 0.200. The Kier molecular flexibility index (Phi) is 5.95. The Morgan fingerprint density at radius 3 is 2.46 bits per heavy atom. The number of fused-ring (bicyclic) bond motifs is 5. The topological polar surface area (TPSA) is 148 Å². The Bertz CT molecular complexity index is 1160. The number of rotatable bonds is 5. The van der Waals surface area contributed by atoms with Crippen LogP contribution in [-0.4, -0.2) is 33.7 Å². The van der Waals surface area contributed by atoms with Crippen LogP contribution in [0.1, 0.15) is 63.5 Å². The Labute approximate surface area is 201 Å². The number of carbonyl (C=O) groups excluding carboxylic acids is 2. The van der Waals surface area contributed by atoms with E-state index in [1.54, 1.807) is 6.07 Å². The van der Waals surface area contributed by atoms with Gasteiger partial charge >= 0.3 is 11.9 Å². The van der Waals surface area contributed by atoms with Crippen molar-refractivity contribution in [2.75, 3.05) is 0 Å². The molecule has 3 aliphatic carbocycles. The number of esters is 2. The molecule has 0 radical (unpaired) electrons. The van der Waals surface area contributed by atoms with Crippen molar-refractivity contribution in [3.8, 4) is 18.1 Å². The predicted octanol–water partition coefficient (Wildman–Crippen LogP) is 3.50. The molecular formula is C24H26N2O9. The van der Waals surface area contributed by atoms with Gasteiger partial charge in [0, 0.05) is 30.7 Å². The molecule has 0 saturated heterocycles. The number of aryl methyl sites for hydroxylation is 1. The van der Waals surface area contributed by atoms with Crippen molar-refractivity contribution in [2.45, 2.75) is 70.5 Å². The minimum atomic E-state index is -1.25. The van der Waals surface area contributed by atoms with Crippen LogP contribution in [0.4, 0.5) is 5.69 Å². The van der Waals surface area contributed by atoms with Crippen molar-refractivity contribution < 1.29 is 33.9 Å². The van der Waals surface area contributed by atoms with Crippen LogP contribution in [-0.2, 0) is 25.6 Å². The van der Waals surface area contributed by atoms with Crippen LogP contribution in [0.15, 0.2) is 12.1 Å². The number of ether oxygens (including phenoxy) is 2. The smallest absolute Gasteiger partial charge is 0.308 e. The van der Waals surface area contributed by atoms with Gasteiger partial charge in [-0.25, -0.2) is 0 Å². The summed E-state index contributed by atoms with van der Waals surface area (Å²) >= 11 is 0. The number of nitro groups is 1. The molecule has 0 aliphatic heterocycles. The van der Waals surface area contributed by atoms with Crippen molar-refractivity contribution >= 4 is 17.6 Å². The summed E-state index contributed by atoms with van der Waals surface area (Å²) in [5.41, 5.74) is -1.38. The molecule has 186 valence electrons. The van der Waals surface area contributed by atoms with Crippen LogP contribution < -0.4 is 4.74 Å². The molecule has 0 heterocycles. The first kappa shape index (κ1) is 24.4. The number of hydrogen-bond donors (Lipinski definition) is 0. The zero-order valence-corrected chi connectivity index (χ0v) is 19.6. The van der Waals surface area contributed by atoms with Crippen LogP contribution in [0, 0.1) is 49.8 Å². The molecule has 2 saturated carbocycles. The number of benzene rings is 1. The van der Waals surface area contributed by atoms with Crippen LogP contribution in [0.25, 0.3) is 0 Å². The Morgan fingerprint density at radius 1 is 1.17 bits per heavy atom. The van der Waals surface area contributed by atoms with Gasteiger partial charge < -0.3 is 14.3 Å². The van der Waals surface area contributed by atoms with Gasteiger partial charge in [-0.3, -0.25) is 19.7 Å². The van der Waals surface area contributed by atoms with Crippen LogP contribution in [0.5, 0.6) is 5.75 Å². The molecule has 4 rings (SSSR count). The molecule has 0 N–H and O–H groups in total. The first-order chi connectivity index (χ1) is 16.4. The van der Waals surface area contributed by atoms with Gasteiger partial charge in [0.1, 0.15) is 11.9 Å². The van der Waals surface area contributed by atoms with Gasteiger partial charge in [0.15, 0.2) is 5.60 Å². The highest BCUT2D eigenvalue weighted by molar-refractivity contribution is 5.70. The molecule has 0 spiro atoms. The molecule has 0 bridgehead atoms. The Morgan fingerprint density at radius 2 is 1.89 bits per heavy atom. The van der Waals surface area contributed by atoms with E-state index in [1.165, 1.54) is 19.9 Å². The second-order valence-corrected chi connectivity index (χ2v) is 9.79. The number of hydrogen-bond acceptors (Lipinski definition) is 9. The third-order valence-electron chi connectivity index (χ3n) is 8.08. The summed E-state index contributed by atoms with van der Waals surface area (Å²) in [4.78, 5) is 51.6. The third-order valence-corrected chi connectivity index (χ3v) is 8.08. The summed E-state index contributed by atoms with van der Waals surface area (Å²) in [5.74, 6) is 0.584. The van der Waals surface area contributed by atoms with Crippen LogP contribution in [0.2, 0.25) is 0 Å². The second kappa shape index (κ2) is 8.52. The normalized spacial score (nSPS) is 32.7. The highest BCUT2D eigenvalue weighted by Gasteiger charge is 2.66. The number of terminal acetylenes is 1. The minimum Gasteiger partial charge on any atom is -0.445 e. The lowest BCUT2D eigenvalue weighted by Gasteiger charge is -2.54. The van der Waals surface area contributed by atoms with Crippen LogP contribution >= 0.6 is 0 Å². The van der Waals surface area contributed by atoms with E-state index in [1.807, 2.05) is 6.92 Å². The summed E-state index contributed by atoms with van der Waals surface area (Å²) in [6.45, 7) is 4.34. The van der Waals surface area contributed by atoms with Gasteiger partial charge in [0.25, 0.3) is 10.8 Å². The lowest BCUT2D eigenvalue weighted by molar-refractivity contribution is -0.771. The molecule has 0 unspecified atom stereocenters. The number of carbonyl (C=O) groups is 2. The summed E-state index contributed by atoms with van der Waals surface area (Å²) in [5, 5.41) is 22.7. The van der Waals surface area contributed by atoms with E-state index in [2.05, 4.69) is 5.92 Å². The third kappa shape index (κ3) is 3.87. The van der Waals surface area contributed by atoms with Gasteiger partial charge in [-0.1, -0.05) is 12.8 Å². The van der Waals surface area contributed by atoms with E-state index in [-0.39, 0.29) is 29.7 Å². The molecule has 0 amide bonds. The number of nitro benzene ring substituents is 1. The molecule has 11 nitrogen and oxygen atoms in total. The Hall–Kier alpha value is -3.68. The summed E-state index contributed by atoms with van der Waals surface area (Å²) < 4.78 is 10.8. The predicted molar refractivity (Wildman–Crippen MR) is 120 cm³/mol. The van der Waals surface area contributed by atoms with Crippen molar-refractivity contribution in [3.05, 3.63) is 43.5 Å². The minimum absolute atomic E-state index is 0.0517. The van der Waals surface area contributed by atoms with Gasteiger partial charge in [0.05, 0.1) is 11.0 Å². The van der Waals surface area contributed by atoms with Gasteiger partial charge in [-0.15, -0.1) is 16.5 Å². The molecule has 11 heteroatoms. The van der Waals surface area contributed by atoms with Crippen molar-refractivity contribution in [2.24, 2.45) is 17.3 Å². The zero-order chi connectivity index (χ0) is 25.7. The van der Waals surface area contributed by atoms with Crippen molar-refractivity contribution in [3.63, 3.8) is 0 Å². The van der Waals surface area contributed by atoms with Crippen molar-refractivity contribution in [1.82, 2.24) is 0 Å². The highest BCUT2D eigenvalue weighted by atomic mass is 17.0. The molecule has 0 aromatic heterocycles. The van der Waals surface area contributed by atoms with E-state index >= 15 is 0 Å². The zero-order valence-electron chi connectivity index (χ0n) is 19.6. The maximum Gasteiger partial charge on any atom is 0.308 e. The van der Waals surface area contributed by atoms with E-state index in [9.17, 15) is 29.8 Å². The van der Waals surface area contributed by atoms with E-state index < -0.39 is 45.0 Å². The number of nitrogens with zero attached hydrogens (tertiary/aromatic N) is 2. The van der Waals surface area contributed by atoms with Crippen LogP contribution in [0.3, 0.4) is 0 Å². The van der Waals surface area contributed by atoms with E-state index in [4.69, 9.17) is 20.7 Å². The molecule has 3 aliphatic rings. The van der Waals surface area contributed by atoms with E-state index in [0.29, 0.717) is 36.8 Å². The molecule has 1 aromatic rings. The molecule has 1 aromatic carbocycles. The maximum atomic E-state index is 12.1. The molecule has 2 fully saturated rings. The molecule has 35 heavy (non-hydrogen) atoms. The monoisotopic (exact) mass is 486 g/mol. The second-order valence-electron chi connectivity index (χ2n) is 9.79. The highest BCUT2D eigenvalue weighted by Crippen LogP contribution is 2.66. The standard InChI is InChI=1S/C24H26N2O9/c1-5-24(34-14(3)28)9-8-18-17-7-6-15-10-16(33-13(2)27)11-19(25(29)30)21(15)22(17)20(35-26(31)32)12-23(18,24)4/h1,10-11,17-18,20,22H,6-9,12H2,2-4H3/t17-,18-,20+,22+,23-,24-/m1/s1. The first-order valence-corrected chi connectivity index (χ1v) is 11.4. The van der Waals surface area contributed by atoms with E-state index in [0.717, 1.165) is 0 Å². The van der Waals surface area contributed by atoms with Gasteiger partial charge in [0.2, 0.25) is 0 Å². The fraction of sp³-hybridized carbons (Fsp3) is 0.583. The van der Waals surface area contributed by atoms with Gasteiger partial charge in [-0.05, 0) is 55.6 Å². The maximum absolute atomic E-state index is 12.1. The SMILES string of the molecule is C#C[C@@]1(OC(C)=O)CC[C@@H]2[C@H]3CCc4cc(OC(C)=O)cc([N+](=O)[O-])c4[C@@H]3[C@@H](O[N+](=O)[O-])C[C@]21C. The summed E-state index contributed by atoms with van der Waals surface area (Å²) in [7, 11) is 0. The summed E-state index contributed by atoms with van der Waals surface area (Å²) in [6, 6.07) is 2.76. The molecule has 6 atom stereocenters. The first-order valence-electron chi connectivity index (χ1n) is 11.4. The lowest BCUT2D eigenvalue weighted by Crippen LogP contribution is -2.56. The average Bonchev–Trinajstić information content (AvgIpc) is 3.03. The fourth-order valence-corrected chi connectivity index (χ4v) is 6.97. The largest absolute Gasteiger partial charge is 0.445 e. The average molecular weight is 486 g/mol. The fourth-order valence-electron chi connectivity index (χ4n) is 6.97. The van der Waals surface area contributed by atoms with Crippen molar-refractivity contribution in [1.29, 1.82) is 0 Å². The summed E-state index contributed by atoms with van der Waals surface area (Å²) in [6.07, 6.45) is 6.93. The molecular weight excluding hydrogens is 460 g/mol. The van der Waals surface area contributed by atoms with Gasteiger partial charge in [-0.2, -0.15) is 0 Å².